The number of nitrogens with zero attached hydrogens (tertiary/aromatic N) is 1. The van der Waals surface area contributed by atoms with Crippen LogP contribution >= 0.6 is 0 Å². The van der Waals surface area contributed by atoms with Crippen LogP contribution in [0.15, 0.2) is 18.2 Å². The predicted octanol–water partition coefficient (Wildman–Crippen LogP) is 1.07. The first-order chi connectivity index (χ1) is 8.97. The molecule has 1 aromatic rings. The van der Waals surface area contributed by atoms with E-state index in [-0.39, 0.29) is 5.91 Å². The van der Waals surface area contributed by atoms with Crippen molar-refractivity contribution in [2.45, 2.75) is 38.8 Å². The number of carbonyl (C=O) groups is 2. The van der Waals surface area contributed by atoms with Gasteiger partial charge in [-0.1, -0.05) is 19.1 Å². The molecule has 0 radical (unpaired) electrons. The summed E-state index contributed by atoms with van der Waals surface area (Å²) in [4.78, 5) is 25.0. The minimum atomic E-state index is -0.993. The number of rotatable bonds is 3. The summed E-state index contributed by atoms with van der Waals surface area (Å²) < 4.78 is 0. The fourth-order valence-electron chi connectivity index (χ4n) is 2.45. The Balaban J connectivity index is 2.47. The van der Waals surface area contributed by atoms with Crippen molar-refractivity contribution in [3.8, 4) is 0 Å². The van der Waals surface area contributed by atoms with Crippen LogP contribution in [0.25, 0.3) is 0 Å². The largest absolute Gasteiger partial charge is 0.480 e. The first kappa shape index (κ1) is 13.5. The molecule has 2 rings (SSSR count). The molecule has 0 saturated carbocycles. The maximum atomic E-state index is 12.3. The molecule has 1 aliphatic rings. The highest BCUT2D eigenvalue weighted by Gasteiger charge is 2.40. The fourth-order valence-corrected chi connectivity index (χ4v) is 2.45. The lowest BCUT2D eigenvalue weighted by Gasteiger charge is -2.25. The number of fused-ring (bicyclic) bond motifs is 1. The number of carboxylic acid groups (broad SMARTS) is 1. The Bertz CT molecular complexity index is 527. The molecular weight excluding hydrogens is 244 g/mol. The van der Waals surface area contributed by atoms with E-state index in [2.05, 4.69) is 0 Å². The molecule has 0 aliphatic carbocycles. The van der Waals surface area contributed by atoms with Gasteiger partial charge in [-0.15, -0.1) is 0 Å². The Labute approximate surface area is 112 Å². The summed E-state index contributed by atoms with van der Waals surface area (Å²) in [6, 6.07) is 4.03. The molecule has 5 nitrogen and oxygen atoms in total. The van der Waals surface area contributed by atoms with Crippen molar-refractivity contribution in [3.63, 3.8) is 0 Å². The van der Waals surface area contributed by atoms with Crippen LogP contribution in [0.5, 0.6) is 0 Å². The number of amides is 1. The van der Waals surface area contributed by atoms with Gasteiger partial charge in [-0.25, -0.2) is 4.79 Å². The SMILES string of the molecule is CC[C@H](N)C(=O)N1c2cccc(C)c2C[C@@H]1C(=O)O. The van der Waals surface area contributed by atoms with E-state index in [1.54, 1.807) is 6.07 Å². The van der Waals surface area contributed by atoms with E-state index in [1.807, 2.05) is 26.0 Å². The lowest BCUT2D eigenvalue weighted by molar-refractivity contribution is -0.140. The van der Waals surface area contributed by atoms with Crippen molar-refractivity contribution in [2.24, 2.45) is 5.73 Å². The standard InChI is InChI=1S/C14H18N2O3/c1-3-10(15)13(17)16-11-6-4-5-8(2)9(11)7-12(16)14(18)19/h4-6,10,12H,3,7,15H2,1-2H3,(H,18,19)/t10-,12+/m0/s1. The van der Waals surface area contributed by atoms with Crippen molar-refractivity contribution in [2.75, 3.05) is 4.90 Å². The van der Waals surface area contributed by atoms with E-state index < -0.39 is 18.1 Å². The van der Waals surface area contributed by atoms with E-state index in [1.165, 1.54) is 4.90 Å². The van der Waals surface area contributed by atoms with Crippen molar-refractivity contribution in [1.82, 2.24) is 0 Å². The van der Waals surface area contributed by atoms with Gasteiger partial charge in [-0.3, -0.25) is 9.69 Å². The second-order valence-electron chi connectivity index (χ2n) is 4.85. The van der Waals surface area contributed by atoms with Gasteiger partial charge in [0.1, 0.15) is 6.04 Å². The minimum Gasteiger partial charge on any atom is -0.480 e. The fraction of sp³-hybridized carbons (Fsp3) is 0.429. The number of aliphatic carboxylic acids is 1. The third-order valence-electron chi connectivity index (χ3n) is 3.63. The van der Waals surface area contributed by atoms with E-state index in [4.69, 9.17) is 5.73 Å². The van der Waals surface area contributed by atoms with Gasteiger partial charge in [0, 0.05) is 12.1 Å². The third kappa shape index (κ3) is 2.21. The quantitative estimate of drug-likeness (QED) is 0.853. The van der Waals surface area contributed by atoms with Crippen LogP contribution in [0.3, 0.4) is 0 Å². The average molecular weight is 262 g/mol. The number of aryl methyl sites for hydroxylation is 1. The highest BCUT2D eigenvalue weighted by molar-refractivity contribution is 6.04. The molecule has 0 aromatic heterocycles. The smallest absolute Gasteiger partial charge is 0.327 e. The maximum absolute atomic E-state index is 12.3. The van der Waals surface area contributed by atoms with Gasteiger partial charge >= 0.3 is 5.97 Å². The van der Waals surface area contributed by atoms with Crippen LogP contribution < -0.4 is 10.6 Å². The Morgan fingerprint density at radius 1 is 1.53 bits per heavy atom. The van der Waals surface area contributed by atoms with Crippen LogP contribution in [0, 0.1) is 6.92 Å². The Hall–Kier alpha value is -1.88. The topological polar surface area (TPSA) is 83.6 Å². The first-order valence-corrected chi connectivity index (χ1v) is 6.37. The molecule has 5 heteroatoms. The van der Waals surface area contributed by atoms with Gasteiger partial charge in [-0.2, -0.15) is 0 Å². The number of benzene rings is 1. The molecule has 1 aromatic carbocycles. The zero-order valence-electron chi connectivity index (χ0n) is 11.1. The molecule has 0 unspecified atom stereocenters. The number of hydrogen-bond donors (Lipinski definition) is 2. The van der Waals surface area contributed by atoms with Crippen LogP contribution in [-0.2, 0) is 16.0 Å². The van der Waals surface area contributed by atoms with E-state index in [0.717, 1.165) is 11.1 Å². The monoisotopic (exact) mass is 262 g/mol. The molecule has 1 heterocycles. The Kier molecular flexibility index (Phi) is 3.57. The van der Waals surface area contributed by atoms with Crippen molar-refractivity contribution >= 4 is 17.6 Å². The van der Waals surface area contributed by atoms with Crippen LogP contribution in [0.4, 0.5) is 5.69 Å². The lowest BCUT2D eigenvalue weighted by Crippen LogP contribution is -2.49. The highest BCUT2D eigenvalue weighted by Crippen LogP contribution is 2.34. The highest BCUT2D eigenvalue weighted by atomic mass is 16.4. The predicted molar refractivity (Wildman–Crippen MR) is 72.1 cm³/mol. The molecule has 3 N–H and O–H groups in total. The van der Waals surface area contributed by atoms with Gasteiger partial charge < -0.3 is 10.8 Å². The van der Waals surface area contributed by atoms with E-state index in [0.29, 0.717) is 18.5 Å². The van der Waals surface area contributed by atoms with Gasteiger partial charge in [-0.05, 0) is 30.5 Å². The summed E-state index contributed by atoms with van der Waals surface area (Å²) in [5.74, 6) is -1.31. The average Bonchev–Trinajstić information content (AvgIpc) is 2.78. The van der Waals surface area contributed by atoms with E-state index in [9.17, 15) is 14.7 Å². The number of carboxylic acids is 1. The maximum Gasteiger partial charge on any atom is 0.327 e. The summed E-state index contributed by atoms with van der Waals surface area (Å²) >= 11 is 0. The summed E-state index contributed by atoms with van der Waals surface area (Å²) in [5.41, 5.74) is 8.38. The zero-order chi connectivity index (χ0) is 14.2. The van der Waals surface area contributed by atoms with Gasteiger partial charge in [0.25, 0.3) is 0 Å². The lowest BCUT2D eigenvalue weighted by atomic mass is 10.0. The Morgan fingerprint density at radius 2 is 2.21 bits per heavy atom. The molecule has 0 spiro atoms. The second kappa shape index (κ2) is 5.01. The third-order valence-corrected chi connectivity index (χ3v) is 3.63. The normalized spacial score (nSPS) is 19.1. The summed E-state index contributed by atoms with van der Waals surface area (Å²) in [5, 5.41) is 9.32. The van der Waals surface area contributed by atoms with E-state index >= 15 is 0 Å². The molecule has 1 amide bonds. The van der Waals surface area contributed by atoms with Crippen LogP contribution in [0.2, 0.25) is 0 Å². The number of anilines is 1. The number of hydrogen-bond acceptors (Lipinski definition) is 3. The Morgan fingerprint density at radius 3 is 2.79 bits per heavy atom. The molecule has 19 heavy (non-hydrogen) atoms. The van der Waals surface area contributed by atoms with Crippen molar-refractivity contribution < 1.29 is 14.7 Å². The molecule has 102 valence electrons. The van der Waals surface area contributed by atoms with Crippen LogP contribution in [0.1, 0.15) is 24.5 Å². The molecule has 1 aliphatic heterocycles. The molecular formula is C14H18N2O3. The zero-order valence-corrected chi connectivity index (χ0v) is 11.1. The number of carbonyl (C=O) groups excluding carboxylic acids is 1. The minimum absolute atomic E-state index is 0.320. The first-order valence-electron chi connectivity index (χ1n) is 6.37. The number of nitrogens with two attached hydrogens (primary N) is 1. The van der Waals surface area contributed by atoms with Gasteiger partial charge in [0.05, 0.1) is 6.04 Å². The molecule has 0 saturated heterocycles. The summed E-state index contributed by atoms with van der Waals surface area (Å²) in [7, 11) is 0. The van der Waals surface area contributed by atoms with Gasteiger partial charge in [0.15, 0.2) is 0 Å². The van der Waals surface area contributed by atoms with Crippen molar-refractivity contribution in [3.05, 3.63) is 29.3 Å². The second-order valence-corrected chi connectivity index (χ2v) is 4.85. The van der Waals surface area contributed by atoms with Crippen molar-refractivity contribution in [1.29, 1.82) is 0 Å². The summed E-state index contributed by atoms with van der Waals surface area (Å²) in [6.07, 6.45) is 0.836. The summed E-state index contributed by atoms with van der Waals surface area (Å²) in [6.45, 7) is 3.73. The molecule has 0 fully saturated rings. The molecule has 2 atom stereocenters. The molecule has 0 bridgehead atoms. The van der Waals surface area contributed by atoms with Crippen LogP contribution in [-0.4, -0.2) is 29.1 Å². The van der Waals surface area contributed by atoms with Gasteiger partial charge in [0.2, 0.25) is 5.91 Å².